The first-order valence-corrected chi connectivity index (χ1v) is 19.7. The summed E-state index contributed by atoms with van der Waals surface area (Å²) in [5.41, 5.74) is 7.30. The third-order valence-electron chi connectivity index (χ3n) is 10.1. The number of nitrogens with one attached hydrogen (secondary N) is 3. The van der Waals surface area contributed by atoms with E-state index in [1.165, 1.54) is 12.1 Å². The highest BCUT2D eigenvalue weighted by Crippen LogP contribution is 2.25. The summed E-state index contributed by atoms with van der Waals surface area (Å²) < 4.78 is 0. The molecule has 0 aliphatic rings. The molecule has 4 atom stereocenters. The molecule has 5 aromatic carbocycles. The highest BCUT2D eigenvalue weighted by atomic mass is 16.3. The first kappa shape index (κ1) is 42.7. The van der Waals surface area contributed by atoms with E-state index in [4.69, 9.17) is 5.73 Å². The summed E-state index contributed by atoms with van der Waals surface area (Å²) in [4.78, 5) is 69.0. The van der Waals surface area contributed by atoms with Gasteiger partial charge in [0.05, 0.1) is 6.10 Å². The van der Waals surface area contributed by atoms with E-state index in [0.29, 0.717) is 29.5 Å². The Labute approximate surface area is 340 Å². The van der Waals surface area contributed by atoms with Crippen LogP contribution in [-0.4, -0.2) is 58.2 Å². The molecule has 0 spiro atoms. The van der Waals surface area contributed by atoms with Crippen molar-refractivity contribution in [1.82, 2.24) is 16.0 Å². The summed E-state index contributed by atoms with van der Waals surface area (Å²) >= 11 is 0. The van der Waals surface area contributed by atoms with Gasteiger partial charge in [-0.1, -0.05) is 147 Å². The lowest BCUT2D eigenvalue weighted by atomic mass is 9.81. The third kappa shape index (κ3) is 11.8. The topological polar surface area (TPSA) is 168 Å². The standard InChI is InChI=1S/C48H52N4O6/c1-33(2)30-41(46(57)50-40(44(49)55)31-35-18-9-4-10-19-35)51-47(58)48(32-36-20-11-5-12-21-36,42(53)25-15-22-34-16-7-3-8-17-34)52-45(56)39-28-26-38(27-29-39)43(54)37-23-13-6-14-24-37/h3-14,16-21,23-24,26-29,33,40-42,53H,15,22,25,30-32H2,1-2H3,(H2,49,55)(H,50,57)(H,51,58)(H,52,56)/t40?,41-,42+,48-/m0/s1. The normalized spacial score (nSPS) is 13.7. The molecule has 0 fully saturated rings. The van der Waals surface area contributed by atoms with Gasteiger partial charge in [0.1, 0.15) is 17.6 Å². The van der Waals surface area contributed by atoms with Crippen LogP contribution in [0.5, 0.6) is 0 Å². The predicted octanol–water partition coefficient (Wildman–Crippen LogP) is 5.76. The Bertz CT molecular complexity index is 2110. The molecule has 0 radical (unpaired) electrons. The van der Waals surface area contributed by atoms with E-state index in [0.717, 1.165) is 11.1 Å². The molecule has 6 N–H and O–H groups in total. The van der Waals surface area contributed by atoms with Gasteiger partial charge in [0.2, 0.25) is 17.7 Å². The van der Waals surface area contributed by atoms with Crippen molar-refractivity contribution in [1.29, 1.82) is 0 Å². The van der Waals surface area contributed by atoms with Crippen molar-refractivity contribution in [2.75, 3.05) is 0 Å². The summed E-state index contributed by atoms with van der Waals surface area (Å²) in [7, 11) is 0. The zero-order chi connectivity index (χ0) is 41.5. The van der Waals surface area contributed by atoms with Crippen LogP contribution in [0.4, 0.5) is 0 Å². The lowest BCUT2D eigenvalue weighted by molar-refractivity contribution is -0.137. The molecule has 0 saturated heterocycles. The number of aryl methyl sites for hydroxylation is 1. The smallest absolute Gasteiger partial charge is 0.252 e. The van der Waals surface area contributed by atoms with Crippen LogP contribution in [0.2, 0.25) is 0 Å². The fourth-order valence-corrected chi connectivity index (χ4v) is 6.98. The number of hydrogen-bond donors (Lipinski definition) is 5. The van der Waals surface area contributed by atoms with Crippen molar-refractivity contribution >= 4 is 29.4 Å². The van der Waals surface area contributed by atoms with Gasteiger partial charge in [-0.15, -0.1) is 0 Å². The molecule has 0 aromatic heterocycles. The van der Waals surface area contributed by atoms with Gasteiger partial charge < -0.3 is 26.8 Å². The second-order valence-electron chi connectivity index (χ2n) is 15.1. The zero-order valence-electron chi connectivity index (χ0n) is 33.0. The van der Waals surface area contributed by atoms with Gasteiger partial charge in [-0.2, -0.15) is 0 Å². The van der Waals surface area contributed by atoms with E-state index in [1.807, 2.05) is 86.6 Å². The second kappa shape index (κ2) is 20.7. The van der Waals surface area contributed by atoms with Crippen molar-refractivity contribution in [3.8, 4) is 0 Å². The molecule has 5 aromatic rings. The summed E-state index contributed by atoms with van der Waals surface area (Å²) in [6.45, 7) is 3.79. The Balaban J connectivity index is 1.48. The van der Waals surface area contributed by atoms with Crippen molar-refractivity contribution in [3.63, 3.8) is 0 Å². The van der Waals surface area contributed by atoms with E-state index < -0.39 is 47.4 Å². The number of ketones is 1. The molecule has 4 amide bonds. The Kier molecular flexibility index (Phi) is 15.2. The van der Waals surface area contributed by atoms with Crippen molar-refractivity contribution in [2.45, 2.75) is 76.1 Å². The van der Waals surface area contributed by atoms with E-state index in [9.17, 15) is 24.3 Å². The van der Waals surface area contributed by atoms with Crippen LogP contribution in [0.15, 0.2) is 146 Å². The molecule has 58 heavy (non-hydrogen) atoms. The number of aliphatic hydroxyl groups excluding tert-OH is 1. The maximum Gasteiger partial charge on any atom is 0.252 e. The van der Waals surface area contributed by atoms with E-state index in [1.54, 1.807) is 60.7 Å². The first-order valence-electron chi connectivity index (χ1n) is 19.7. The largest absolute Gasteiger partial charge is 0.390 e. The van der Waals surface area contributed by atoms with Crippen LogP contribution < -0.4 is 21.7 Å². The van der Waals surface area contributed by atoms with Crippen molar-refractivity contribution < 1.29 is 29.1 Å². The minimum absolute atomic E-state index is 0.0803. The number of primary amides is 1. The molecule has 0 saturated carbocycles. The Morgan fingerprint density at radius 3 is 1.67 bits per heavy atom. The summed E-state index contributed by atoms with van der Waals surface area (Å²) in [6.07, 6.45) is 0.0205. The molecule has 0 heterocycles. The van der Waals surface area contributed by atoms with E-state index >= 15 is 4.79 Å². The number of carbonyl (C=O) groups excluding carboxylic acids is 5. The Morgan fingerprint density at radius 1 is 0.621 bits per heavy atom. The van der Waals surface area contributed by atoms with Crippen LogP contribution in [0.25, 0.3) is 0 Å². The van der Waals surface area contributed by atoms with Crippen LogP contribution in [-0.2, 0) is 33.6 Å². The fourth-order valence-electron chi connectivity index (χ4n) is 6.98. The number of carbonyl (C=O) groups is 5. The van der Waals surface area contributed by atoms with Crippen LogP contribution in [0.3, 0.4) is 0 Å². The lowest BCUT2D eigenvalue weighted by Gasteiger charge is -2.39. The monoisotopic (exact) mass is 780 g/mol. The molecule has 5 rings (SSSR count). The number of nitrogens with two attached hydrogens (primary N) is 1. The number of rotatable bonds is 20. The quantitative estimate of drug-likeness (QED) is 0.0631. The average molecular weight is 781 g/mol. The SMILES string of the molecule is CC(C)C[C@H](NC(=O)[C@@](Cc1ccccc1)(NC(=O)c1ccc(C(=O)c2ccccc2)cc1)[C@H](O)CCCc1ccccc1)C(=O)NC(Cc1ccccc1)C(N)=O. The van der Waals surface area contributed by atoms with E-state index in [2.05, 4.69) is 16.0 Å². The lowest BCUT2D eigenvalue weighted by Crippen LogP contribution is -2.68. The Hall–Kier alpha value is -6.39. The maximum atomic E-state index is 15.0. The molecule has 10 heteroatoms. The van der Waals surface area contributed by atoms with E-state index in [-0.39, 0.29) is 42.9 Å². The summed E-state index contributed by atoms with van der Waals surface area (Å²) in [6, 6.07) is 40.6. The molecule has 0 aliphatic carbocycles. The Morgan fingerprint density at radius 2 is 1.12 bits per heavy atom. The van der Waals surface area contributed by atoms with Gasteiger partial charge in [0.15, 0.2) is 5.78 Å². The molecule has 10 nitrogen and oxygen atoms in total. The zero-order valence-corrected chi connectivity index (χ0v) is 33.0. The van der Waals surface area contributed by atoms with Gasteiger partial charge in [-0.25, -0.2) is 0 Å². The second-order valence-corrected chi connectivity index (χ2v) is 15.1. The highest BCUT2D eigenvalue weighted by molar-refractivity contribution is 6.09. The number of aliphatic hydroxyl groups is 1. The number of hydrogen-bond acceptors (Lipinski definition) is 6. The fraction of sp³-hybridized carbons (Fsp3) is 0.271. The predicted molar refractivity (Wildman–Crippen MR) is 225 cm³/mol. The summed E-state index contributed by atoms with van der Waals surface area (Å²) in [5, 5.41) is 20.8. The number of benzene rings is 5. The third-order valence-corrected chi connectivity index (χ3v) is 10.1. The van der Waals surface area contributed by atoms with Gasteiger partial charge in [-0.05, 0) is 60.4 Å². The first-order chi connectivity index (χ1) is 27.9. The number of amides is 4. The molecule has 300 valence electrons. The van der Waals surface area contributed by atoms with Crippen LogP contribution in [0, 0.1) is 5.92 Å². The molecule has 1 unspecified atom stereocenters. The average Bonchev–Trinajstić information content (AvgIpc) is 3.23. The summed E-state index contributed by atoms with van der Waals surface area (Å²) in [5.74, 6) is -3.08. The van der Waals surface area contributed by atoms with Crippen LogP contribution >= 0.6 is 0 Å². The van der Waals surface area contributed by atoms with Gasteiger partial charge in [-0.3, -0.25) is 24.0 Å². The minimum atomic E-state index is -1.98. The molecular weight excluding hydrogens is 729 g/mol. The van der Waals surface area contributed by atoms with Gasteiger partial charge >= 0.3 is 0 Å². The van der Waals surface area contributed by atoms with Crippen molar-refractivity contribution in [3.05, 3.63) is 179 Å². The molecular formula is C48H52N4O6. The maximum absolute atomic E-state index is 15.0. The van der Waals surface area contributed by atoms with Crippen molar-refractivity contribution in [2.24, 2.45) is 11.7 Å². The molecule has 0 bridgehead atoms. The van der Waals surface area contributed by atoms with Crippen LogP contribution in [0.1, 0.15) is 76.1 Å². The highest BCUT2D eigenvalue weighted by Gasteiger charge is 2.48. The molecule has 0 aliphatic heterocycles. The van der Waals surface area contributed by atoms with Gasteiger partial charge in [0.25, 0.3) is 5.91 Å². The van der Waals surface area contributed by atoms with Gasteiger partial charge in [0, 0.05) is 29.5 Å². The minimum Gasteiger partial charge on any atom is -0.390 e.